The van der Waals surface area contributed by atoms with Gasteiger partial charge in [-0.1, -0.05) is 49.0 Å². The smallest absolute Gasteiger partial charge is 0.341 e. The van der Waals surface area contributed by atoms with Gasteiger partial charge in [-0.2, -0.15) is 0 Å². The van der Waals surface area contributed by atoms with Crippen LogP contribution in [0.15, 0.2) is 40.3 Å². The Morgan fingerprint density at radius 1 is 1.29 bits per heavy atom. The molecule has 3 rings (SSSR count). The van der Waals surface area contributed by atoms with E-state index in [1.807, 2.05) is 42.2 Å². The van der Waals surface area contributed by atoms with Gasteiger partial charge >= 0.3 is 5.69 Å². The minimum atomic E-state index is -0.380. The maximum atomic E-state index is 13.0. The van der Waals surface area contributed by atoms with Crippen LogP contribution in [0.4, 0.5) is 0 Å². The van der Waals surface area contributed by atoms with Gasteiger partial charge in [-0.3, -0.25) is 9.36 Å². The number of carbonyl (C=O) groups is 1. The number of carbonyl (C=O) groups excluding carboxylic acids is 1. The summed E-state index contributed by atoms with van der Waals surface area (Å²) >= 11 is 1.35. The fraction of sp³-hybridized carbons (Fsp3) is 0.471. The van der Waals surface area contributed by atoms with Crippen molar-refractivity contribution in [2.45, 2.75) is 43.1 Å². The molecule has 0 radical (unpaired) electrons. The molecule has 0 spiro atoms. The van der Waals surface area contributed by atoms with Crippen molar-refractivity contribution in [2.75, 3.05) is 13.1 Å². The molecule has 24 heavy (non-hydrogen) atoms. The lowest BCUT2D eigenvalue weighted by molar-refractivity contribution is -0.129. The molecule has 1 fully saturated rings. The lowest BCUT2D eigenvalue weighted by Gasteiger charge is -2.22. The van der Waals surface area contributed by atoms with Crippen LogP contribution in [-0.4, -0.2) is 38.7 Å². The predicted octanol–water partition coefficient (Wildman–Crippen LogP) is 2.44. The van der Waals surface area contributed by atoms with Gasteiger partial charge in [0.25, 0.3) is 0 Å². The predicted molar refractivity (Wildman–Crippen MR) is 94.0 cm³/mol. The van der Waals surface area contributed by atoms with Crippen LogP contribution >= 0.6 is 11.8 Å². The van der Waals surface area contributed by atoms with Crippen LogP contribution in [0.2, 0.25) is 0 Å². The van der Waals surface area contributed by atoms with Crippen molar-refractivity contribution >= 4 is 17.7 Å². The van der Waals surface area contributed by atoms with Gasteiger partial charge in [-0.15, -0.1) is 5.10 Å². The molecular formula is C17H22N4O2S. The summed E-state index contributed by atoms with van der Waals surface area (Å²) in [5, 5.41) is 6.82. The van der Waals surface area contributed by atoms with Gasteiger partial charge in [0.2, 0.25) is 5.91 Å². The lowest BCUT2D eigenvalue weighted by Crippen LogP contribution is -2.31. The molecule has 1 amide bonds. The summed E-state index contributed by atoms with van der Waals surface area (Å²) in [4.78, 5) is 26.8. The van der Waals surface area contributed by atoms with E-state index in [4.69, 9.17) is 0 Å². The summed E-state index contributed by atoms with van der Waals surface area (Å²) in [5.74, 6) is 0.0993. The number of thioether (sulfide) groups is 1. The summed E-state index contributed by atoms with van der Waals surface area (Å²) in [7, 11) is 0. The zero-order chi connectivity index (χ0) is 16.9. The SMILES string of the molecule is CCCn1c(S[C@@H](C(=O)N2CCCC2)c2ccccc2)n[nH]c1=O. The number of aromatic amines is 1. The first-order valence-corrected chi connectivity index (χ1v) is 9.24. The maximum Gasteiger partial charge on any atom is 0.343 e. The van der Waals surface area contributed by atoms with Crippen LogP contribution in [-0.2, 0) is 11.3 Å². The van der Waals surface area contributed by atoms with Crippen LogP contribution in [0, 0.1) is 0 Å². The average molecular weight is 346 g/mol. The Labute approximate surface area is 145 Å². The Morgan fingerprint density at radius 2 is 2.00 bits per heavy atom. The molecule has 0 bridgehead atoms. The highest BCUT2D eigenvalue weighted by molar-refractivity contribution is 8.00. The molecule has 7 heteroatoms. The number of nitrogens with zero attached hydrogens (tertiary/aromatic N) is 3. The minimum absolute atomic E-state index is 0.0993. The molecule has 1 aromatic carbocycles. The molecule has 1 saturated heterocycles. The number of likely N-dealkylation sites (tertiary alicyclic amines) is 1. The van der Waals surface area contributed by atoms with E-state index < -0.39 is 0 Å². The molecule has 1 atom stereocenters. The quantitative estimate of drug-likeness (QED) is 0.816. The molecule has 6 nitrogen and oxygen atoms in total. The Kier molecular flexibility index (Phi) is 5.40. The molecule has 1 aliphatic heterocycles. The second-order valence-electron chi connectivity index (χ2n) is 5.90. The number of nitrogens with one attached hydrogen (secondary N) is 1. The zero-order valence-electron chi connectivity index (χ0n) is 13.8. The molecule has 2 aromatic rings. The van der Waals surface area contributed by atoms with Crippen molar-refractivity contribution < 1.29 is 4.79 Å². The fourth-order valence-electron chi connectivity index (χ4n) is 2.91. The van der Waals surface area contributed by atoms with Crippen molar-refractivity contribution in [3.63, 3.8) is 0 Å². The fourth-order valence-corrected chi connectivity index (χ4v) is 4.07. The highest BCUT2D eigenvalue weighted by Gasteiger charge is 2.30. The molecule has 1 N–H and O–H groups in total. The molecule has 0 aliphatic carbocycles. The Morgan fingerprint density at radius 3 is 2.67 bits per heavy atom. The van der Waals surface area contributed by atoms with Gasteiger partial charge in [-0.25, -0.2) is 9.89 Å². The van der Waals surface area contributed by atoms with Crippen LogP contribution in [0.25, 0.3) is 0 Å². The third-order valence-electron chi connectivity index (χ3n) is 4.14. The van der Waals surface area contributed by atoms with Gasteiger partial charge < -0.3 is 4.90 Å². The first-order chi connectivity index (χ1) is 11.7. The lowest BCUT2D eigenvalue weighted by atomic mass is 10.1. The van der Waals surface area contributed by atoms with E-state index in [1.54, 1.807) is 4.57 Å². The Balaban J connectivity index is 1.90. The second-order valence-corrected chi connectivity index (χ2v) is 6.98. The van der Waals surface area contributed by atoms with Gasteiger partial charge in [0.05, 0.1) is 0 Å². The Bertz CT molecular complexity index is 735. The van der Waals surface area contributed by atoms with Gasteiger partial charge in [0.15, 0.2) is 5.16 Å². The number of benzene rings is 1. The highest BCUT2D eigenvalue weighted by Crippen LogP contribution is 2.36. The average Bonchev–Trinajstić information content (AvgIpc) is 3.25. The number of hydrogen-bond acceptors (Lipinski definition) is 4. The van der Waals surface area contributed by atoms with Gasteiger partial charge in [0, 0.05) is 19.6 Å². The second kappa shape index (κ2) is 7.70. The summed E-state index contributed by atoms with van der Waals surface area (Å²) in [6, 6.07) is 9.72. The Hall–Kier alpha value is -2.02. The monoisotopic (exact) mass is 346 g/mol. The van der Waals surface area contributed by atoms with E-state index in [1.165, 1.54) is 11.8 Å². The topological polar surface area (TPSA) is 71.0 Å². The first-order valence-electron chi connectivity index (χ1n) is 8.36. The molecule has 1 aromatic heterocycles. The van der Waals surface area contributed by atoms with Crippen LogP contribution in [0.5, 0.6) is 0 Å². The first kappa shape index (κ1) is 16.8. The number of aromatic nitrogens is 3. The summed E-state index contributed by atoms with van der Waals surface area (Å²) in [5.41, 5.74) is 0.720. The van der Waals surface area contributed by atoms with Crippen molar-refractivity contribution in [3.05, 3.63) is 46.4 Å². The molecule has 128 valence electrons. The largest absolute Gasteiger partial charge is 0.343 e. The van der Waals surface area contributed by atoms with Gasteiger partial charge in [0.1, 0.15) is 5.25 Å². The third kappa shape index (κ3) is 3.56. The van der Waals surface area contributed by atoms with Crippen molar-refractivity contribution in [1.82, 2.24) is 19.7 Å². The van der Waals surface area contributed by atoms with Crippen LogP contribution in [0.1, 0.15) is 37.0 Å². The number of amides is 1. The van der Waals surface area contributed by atoms with Crippen molar-refractivity contribution in [3.8, 4) is 0 Å². The number of hydrogen-bond donors (Lipinski definition) is 1. The summed E-state index contributed by atoms with van der Waals surface area (Å²) < 4.78 is 1.61. The van der Waals surface area contributed by atoms with E-state index >= 15 is 0 Å². The normalized spacial score (nSPS) is 15.6. The molecule has 2 heterocycles. The maximum absolute atomic E-state index is 13.0. The van der Waals surface area contributed by atoms with E-state index in [-0.39, 0.29) is 16.8 Å². The molecule has 1 aliphatic rings. The third-order valence-corrected chi connectivity index (χ3v) is 5.37. The van der Waals surface area contributed by atoms with Gasteiger partial charge in [-0.05, 0) is 24.8 Å². The van der Waals surface area contributed by atoms with Crippen LogP contribution < -0.4 is 5.69 Å². The van der Waals surface area contributed by atoms with Crippen molar-refractivity contribution in [2.24, 2.45) is 0 Å². The number of rotatable bonds is 6. The van der Waals surface area contributed by atoms with E-state index in [0.717, 1.165) is 37.9 Å². The highest BCUT2D eigenvalue weighted by atomic mass is 32.2. The molecular weight excluding hydrogens is 324 g/mol. The van der Waals surface area contributed by atoms with E-state index in [9.17, 15) is 9.59 Å². The van der Waals surface area contributed by atoms with Crippen LogP contribution in [0.3, 0.4) is 0 Å². The molecule has 0 saturated carbocycles. The van der Waals surface area contributed by atoms with Crippen molar-refractivity contribution in [1.29, 1.82) is 0 Å². The molecule has 0 unspecified atom stereocenters. The summed E-state index contributed by atoms with van der Waals surface area (Å²) in [6.45, 7) is 4.23. The van der Waals surface area contributed by atoms with E-state index in [0.29, 0.717) is 11.7 Å². The number of H-pyrrole nitrogens is 1. The zero-order valence-corrected chi connectivity index (χ0v) is 14.6. The van der Waals surface area contributed by atoms with E-state index in [2.05, 4.69) is 10.2 Å². The standard InChI is InChI=1S/C17H22N4O2S/c1-2-10-21-16(23)18-19-17(21)24-14(13-8-4-3-5-9-13)15(22)20-11-6-7-12-20/h3-5,8-9,14H,2,6-7,10-12H2,1H3,(H,18,23)/t14-/m1/s1. The minimum Gasteiger partial charge on any atom is -0.341 e. The summed E-state index contributed by atoms with van der Waals surface area (Å²) in [6.07, 6.45) is 2.95.